The maximum Gasteiger partial charge on any atom is 0.125 e. The smallest absolute Gasteiger partial charge is 0.125 e. The standard InChI is InChI=1S/C19H26FN3O/c1-13(10-19(3,4)21)12-24-18-6-5-15(9-16(18)11-20)17-7-8-22-14(2)23-17/h5-9,13H,10-12,21H2,1-4H3/t13-/m0/s1. The number of rotatable bonds is 7. The van der Waals surface area contributed by atoms with Crippen molar-refractivity contribution in [2.45, 2.75) is 46.3 Å². The van der Waals surface area contributed by atoms with Gasteiger partial charge in [-0.1, -0.05) is 6.92 Å². The summed E-state index contributed by atoms with van der Waals surface area (Å²) in [4.78, 5) is 8.46. The molecule has 0 amide bonds. The number of benzene rings is 1. The monoisotopic (exact) mass is 331 g/mol. The first-order chi connectivity index (χ1) is 11.3. The zero-order chi connectivity index (χ0) is 17.7. The van der Waals surface area contributed by atoms with Gasteiger partial charge in [-0.25, -0.2) is 14.4 Å². The molecule has 0 unspecified atom stereocenters. The van der Waals surface area contributed by atoms with Crippen LogP contribution in [0.25, 0.3) is 11.3 Å². The van der Waals surface area contributed by atoms with Crippen LogP contribution >= 0.6 is 0 Å². The fraction of sp³-hybridized carbons (Fsp3) is 0.474. The van der Waals surface area contributed by atoms with Gasteiger partial charge in [-0.3, -0.25) is 0 Å². The third-order valence-electron chi connectivity index (χ3n) is 3.67. The quantitative estimate of drug-likeness (QED) is 0.831. The van der Waals surface area contributed by atoms with Gasteiger partial charge in [-0.2, -0.15) is 0 Å². The van der Waals surface area contributed by atoms with Gasteiger partial charge in [-0.15, -0.1) is 0 Å². The lowest BCUT2D eigenvalue weighted by Gasteiger charge is -2.23. The summed E-state index contributed by atoms with van der Waals surface area (Å²) in [5.41, 5.74) is 7.96. The molecule has 1 atom stereocenters. The molecule has 1 heterocycles. The van der Waals surface area contributed by atoms with Crippen molar-refractivity contribution in [3.05, 3.63) is 41.9 Å². The lowest BCUT2D eigenvalue weighted by Crippen LogP contribution is -2.35. The highest BCUT2D eigenvalue weighted by atomic mass is 19.1. The van der Waals surface area contributed by atoms with Gasteiger partial charge < -0.3 is 10.5 Å². The Bertz CT molecular complexity index is 683. The topological polar surface area (TPSA) is 61.0 Å². The number of hydrogen-bond donors (Lipinski definition) is 1. The fourth-order valence-electron chi connectivity index (χ4n) is 2.79. The lowest BCUT2D eigenvalue weighted by molar-refractivity contribution is 0.226. The van der Waals surface area contributed by atoms with Gasteiger partial charge in [0.05, 0.1) is 12.3 Å². The summed E-state index contributed by atoms with van der Waals surface area (Å²) in [6.07, 6.45) is 2.55. The first-order valence-electron chi connectivity index (χ1n) is 8.19. The van der Waals surface area contributed by atoms with Crippen molar-refractivity contribution in [1.82, 2.24) is 9.97 Å². The van der Waals surface area contributed by atoms with Crippen molar-refractivity contribution in [1.29, 1.82) is 0 Å². The molecule has 2 rings (SSSR count). The SMILES string of the molecule is Cc1nccc(-c2ccc(OC[C@@H](C)CC(C)(C)N)c(CF)c2)n1. The van der Waals surface area contributed by atoms with E-state index in [1.807, 2.05) is 39.0 Å². The third-order valence-corrected chi connectivity index (χ3v) is 3.67. The van der Waals surface area contributed by atoms with Crippen LogP contribution in [0.1, 0.15) is 38.6 Å². The molecule has 1 aromatic heterocycles. The fourth-order valence-corrected chi connectivity index (χ4v) is 2.79. The summed E-state index contributed by atoms with van der Waals surface area (Å²) in [7, 11) is 0. The average Bonchev–Trinajstić information content (AvgIpc) is 2.51. The van der Waals surface area contributed by atoms with E-state index in [9.17, 15) is 4.39 Å². The van der Waals surface area contributed by atoms with Crippen LogP contribution < -0.4 is 10.5 Å². The van der Waals surface area contributed by atoms with Crippen LogP contribution in [0.3, 0.4) is 0 Å². The van der Waals surface area contributed by atoms with Crippen LogP contribution in [-0.2, 0) is 6.67 Å². The highest BCUT2D eigenvalue weighted by molar-refractivity contribution is 5.61. The van der Waals surface area contributed by atoms with E-state index in [-0.39, 0.29) is 5.54 Å². The zero-order valence-corrected chi connectivity index (χ0v) is 14.8. The van der Waals surface area contributed by atoms with Crippen molar-refractivity contribution < 1.29 is 9.13 Å². The van der Waals surface area contributed by atoms with E-state index in [0.717, 1.165) is 17.7 Å². The van der Waals surface area contributed by atoms with Crippen molar-refractivity contribution >= 4 is 0 Å². The van der Waals surface area contributed by atoms with E-state index in [1.54, 1.807) is 12.3 Å². The van der Waals surface area contributed by atoms with Gasteiger partial charge in [0.15, 0.2) is 0 Å². The van der Waals surface area contributed by atoms with Crippen LogP contribution in [0.2, 0.25) is 0 Å². The number of alkyl halides is 1. The molecule has 0 aliphatic carbocycles. The van der Waals surface area contributed by atoms with Gasteiger partial charge in [0.25, 0.3) is 0 Å². The third kappa shape index (κ3) is 5.27. The molecule has 0 aliphatic rings. The molecule has 0 radical (unpaired) electrons. The van der Waals surface area contributed by atoms with E-state index in [2.05, 4.69) is 16.9 Å². The van der Waals surface area contributed by atoms with Crippen molar-refractivity contribution in [2.75, 3.05) is 6.61 Å². The molecule has 0 aliphatic heterocycles. The van der Waals surface area contributed by atoms with E-state index in [4.69, 9.17) is 10.5 Å². The minimum Gasteiger partial charge on any atom is -0.493 e. The second-order valence-electron chi connectivity index (χ2n) is 7.05. The Morgan fingerprint density at radius 2 is 2.04 bits per heavy atom. The zero-order valence-electron chi connectivity index (χ0n) is 14.8. The Kier molecular flexibility index (Phi) is 5.89. The Hall–Kier alpha value is -2.01. The molecular weight excluding hydrogens is 305 g/mol. The second kappa shape index (κ2) is 7.71. The minimum absolute atomic E-state index is 0.236. The van der Waals surface area contributed by atoms with Gasteiger partial charge in [0.2, 0.25) is 0 Å². The first kappa shape index (κ1) is 18.3. The average molecular weight is 331 g/mol. The minimum atomic E-state index is -0.579. The Labute approximate surface area is 143 Å². The molecular formula is C19H26FN3O. The molecule has 0 saturated heterocycles. The number of ether oxygens (including phenoxy) is 1. The number of aromatic nitrogens is 2. The van der Waals surface area contributed by atoms with Crippen LogP contribution in [-0.4, -0.2) is 22.1 Å². The molecule has 0 bridgehead atoms. The summed E-state index contributed by atoms with van der Waals surface area (Å²) >= 11 is 0. The Balaban J connectivity index is 2.12. The number of nitrogens with zero attached hydrogens (tertiary/aromatic N) is 2. The normalized spacial score (nSPS) is 12.9. The van der Waals surface area contributed by atoms with E-state index in [1.165, 1.54) is 0 Å². The largest absolute Gasteiger partial charge is 0.493 e. The Morgan fingerprint density at radius 1 is 1.29 bits per heavy atom. The van der Waals surface area contributed by atoms with Gasteiger partial charge in [-0.05, 0) is 57.4 Å². The first-order valence-corrected chi connectivity index (χ1v) is 8.19. The summed E-state index contributed by atoms with van der Waals surface area (Å²) in [6, 6.07) is 7.31. The molecule has 2 aromatic rings. The van der Waals surface area contributed by atoms with E-state index in [0.29, 0.717) is 29.7 Å². The van der Waals surface area contributed by atoms with Gasteiger partial charge >= 0.3 is 0 Å². The number of halogens is 1. The summed E-state index contributed by atoms with van der Waals surface area (Å²) in [5, 5.41) is 0. The van der Waals surface area contributed by atoms with Crippen molar-refractivity contribution in [2.24, 2.45) is 11.7 Å². The molecule has 1 aromatic carbocycles. The Morgan fingerprint density at radius 3 is 2.67 bits per heavy atom. The molecule has 2 N–H and O–H groups in total. The maximum atomic E-state index is 13.4. The molecule has 4 nitrogen and oxygen atoms in total. The van der Waals surface area contributed by atoms with Crippen LogP contribution in [0, 0.1) is 12.8 Å². The maximum absolute atomic E-state index is 13.4. The van der Waals surface area contributed by atoms with Crippen molar-refractivity contribution in [3.63, 3.8) is 0 Å². The highest BCUT2D eigenvalue weighted by Gasteiger charge is 2.17. The molecule has 24 heavy (non-hydrogen) atoms. The van der Waals surface area contributed by atoms with E-state index >= 15 is 0 Å². The molecule has 130 valence electrons. The van der Waals surface area contributed by atoms with Gasteiger partial charge in [0.1, 0.15) is 18.2 Å². The predicted octanol–water partition coefficient (Wildman–Crippen LogP) is 4.06. The summed E-state index contributed by atoms with van der Waals surface area (Å²) in [5.74, 6) is 1.56. The second-order valence-corrected chi connectivity index (χ2v) is 7.05. The molecule has 0 spiro atoms. The van der Waals surface area contributed by atoms with Crippen LogP contribution in [0.15, 0.2) is 30.5 Å². The van der Waals surface area contributed by atoms with Crippen LogP contribution in [0.4, 0.5) is 4.39 Å². The van der Waals surface area contributed by atoms with E-state index < -0.39 is 6.67 Å². The predicted molar refractivity (Wildman–Crippen MR) is 94.6 cm³/mol. The van der Waals surface area contributed by atoms with Gasteiger partial charge in [0, 0.05) is 22.9 Å². The lowest BCUT2D eigenvalue weighted by atomic mass is 9.93. The summed E-state index contributed by atoms with van der Waals surface area (Å²) < 4.78 is 19.2. The number of nitrogens with two attached hydrogens (primary N) is 1. The molecule has 0 saturated carbocycles. The van der Waals surface area contributed by atoms with Crippen molar-refractivity contribution in [3.8, 4) is 17.0 Å². The number of hydrogen-bond acceptors (Lipinski definition) is 4. The summed E-state index contributed by atoms with van der Waals surface area (Å²) in [6.45, 7) is 7.84. The molecule has 0 fully saturated rings. The number of aryl methyl sites for hydroxylation is 1. The molecule has 5 heteroatoms. The van der Waals surface area contributed by atoms with Crippen LogP contribution in [0.5, 0.6) is 5.75 Å². The highest BCUT2D eigenvalue weighted by Crippen LogP contribution is 2.27.